The van der Waals surface area contributed by atoms with Crippen molar-refractivity contribution >= 4 is 5.78 Å². The second-order valence-electron chi connectivity index (χ2n) is 5.01. The first-order valence-electron chi connectivity index (χ1n) is 6.30. The molecule has 0 bridgehead atoms. The lowest BCUT2D eigenvalue weighted by molar-refractivity contribution is -0.0184. The molecule has 104 valence electrons. The van der Waals surface area contributed by atoms with Gasteiger partial charge in [-0.3, -0.25) is 4.79 Å². The van der Waals surface area contributed by atoms with Crippen molar-refractivity contribution in [2.24, 2.45) is 0 Å². The van der Waals surface area contributed by atoms with E-state index in [1.165, 1.54) is 19.1 Å². The maximum atomic E-state index is 12.1. The summed E-state index contributed by atoms with van der Waals surface area (Å²) in [5, 5.41) is 29.2. The average molecular weight is 266 g/mol. The van der Waals surface area contributed by atoms with Crippen LogP contribution in [0.25, 0.3) is 0 Å². The Morgan fingerprint density at radius 3 is 2.37 bits per heavy atom. The van der Waals surface area contributed by atoms with Crippen LogP contribution in [-0.4, -0.2) is 39.4 Å². The van der Waals surface area contributed by atoms with Crippen LogP contribution in [0.1, 0.15) is 35.7 Å². The molecule has 0 amide bonds. The van der Waals surface area contributed by atoms with Crippen LogP contribution in [-0.2, 0) is 4.74 Å². The van der Waals surface area contributed by atoms with E-state index in [9.17, 15) is 20.1 Å². The first-order chi connectivity index (χ1) is 8.90. The number of carbonyl (C=O) groups excluding carboxylic acids is 1. The number of Topliss-reactive ketones (excluding diaryl/α,β-unsaturated/α-hetero) is 1. The zero-order chi connectivity index (χ0) is 14.2. The van der Waals surface area contributed by atoms with Crippen molar-refractivity contribution in [3.05, 3.63) is 23.3 Å². The molecule has 1 aliphatic rings. The van der Waals surface area contributed by atoms with Gasteiger partial charge in [0.25, 0.3) is 0 Å². The Morgan fingerprint density at radius 2 is 1.89 bits per heavy atom. The molecule has 2 rings (SSSR count). The summed E-state index contributed by atoms with van der Waals surface area (Å²) in [7, 11) is 0. The van der Waals surface area contributed by atoms with Crippen LogP contribution in [0.2, 0.25) is 0 Å². The third kappa shape index (κ3) is 2.72. The van der Waals surface area contributed by atoms with E-state index in [4.69, 9.17) is 4.74 Å². The molecular formula is C14H18O5. The van der Waals surface area contributed by atoms with Crippen molar-refractivity contribution in [2.45, 2.75) is 45.0 Å². The molecule has 3 N–H and O–H groups in total. The number of hydrogen-bond acceptors (Lipinski definition) is 5. The fraction of sp³-hybridized carbons (Fsp3) is 0.500. The molecule has 0 unspecified atom stereocenters. The highest BCUT2D eigenvalue weighted by Gasteiger charge is 2.33. The summed E-state index contributed by atoms with van der Waals surface area (Å²) in [6, 6.07) is 2.50. The lowest BCUT2D eigenvalue weighted by Crippen LogP contribution is -2.34. The molecule has 19 heavy (non-hydrogen) atoms. The van der Waals surface area contributed by atoms with E-state index in [0.717, 1.165) is 6.42 Å². The van der Waals surface area contributed by atoms with Gasteiger partial charge in [0.1, 0.15) is 17.6 Å². The zero-order valence-corrected chi connectivity index (χ0v) is 11.0. The van der Waals surface area contributed by atoms with Crippen LogP contribution in [0.3, 0.4) is 0 Å². The Balaban J connectivity index is 2.19. The lowest BCUT2D eigenvalue weighted by atomic mass is 9.98. The molecule has 5 nitrogen and oxygen atoms in total. The van der Waals surface area contributed by atoms with E-state index in [0.29, 0.717) is 12.0 Å². The van der Waals surface area contributed by atoms with Crippen molar-refractivity contribution in [3.63, 3.8) is 0 Å². The highest BCUT2D eigenvalue weighted by atomic mass is 16.5. The number of aliphatic hydroxyl groups excluding tert-OH is 1. The topological polar surface area (TPSA) is 87.0 Å². The number of carbonyl (C=O) groups is 1. The number of ketones is 1. The van der Waals surface area contributed by atoms with E-state index in [-0.39, 0.29) is 23.2 Å². The van der Waals surface area contributed by atoms with Gasteiger partial charge in [0.2, 0.25) is 0 Å². The molecule has 1 aliphatic heterocycles. The monoisotopic (exact) mass is 266 g/mol. The SMILES string of the molecule is Cc1c(O)cc(C(=O)[C@H](O)[C@@H]2CC[C@H](C)O2)cc1O. The molecular weight excluding hydrogens is 248 g/mol. The van der Waals surface area contributed by atoms with Crippen LogP contribution in [0.5, 0.6) is 11.5 Å². The first kappa shape index (κ1) is 13.8. The maximum Gasteiger partial charge on any atom is 0.194 e. The molecule has 1 heterocycles. The Hall–Kier alpha value is -1.59. The Morgan fingerprint density at radius 1 is 1.32 bits per heavy atom. The second kappa shape index (κ2) is 5.19. The van der Waals surface area contributed by atoms with Gasteiger partial charge < -0.3 is 20.1 Å². The van der Waals surface area contributed by atoms with Crippen LogP contribution >= 0.6 is 0 Å². The molecule has 0 saturated carbocycles. The number of ether oxygens (including phenoxy) is 1. The van der Waals surface area contributed by atoms with E-state index >= 15 is 0 Å². The summed E-state index contributed by atoms with van der Waals surface area (Å²) >= 11 is 0. The third-order valence-corrected chi connectivity index (χ3v) is 3.52. The molecule has 5 heteroatoms. The van der Waals surface area contributed by atoms with Crippen LogP contribution in [0, 0.1) is 6.92 Å². The number of benzene rings is 1. The quantitative estimate of drug-likeness (QED) is 0.722. The molecule has 1 aromatic carbocycles. The summed E-state index contributed by atoms with van der Waals surface area (Å²) < 4.78 is 5.45. The fourth-order valence-electron chi connectivity index (χ4n) is 2.23. The summed E-state index contributed by atoms with van der Waals surface area (Å²) in [5.74, 6) is -0.891. The largest absolute Gasteiger partial charge is 0.508 e. The molecule has 0 radical (unpaired) electrons. The summed E-state index contributed by atoms with van der Waals surface area (Å²) in [6.07, 6.45) is -0.330. The van der Waals surface area contributed by atoms with Crippen molar-refractivity contribution < 1.29 is 24.9 Å². The van der Waals surface area contributed by atoms with Gasteiger partial charge in [-0.15, -0.1) is 0 Å². The number of rotatable bonds is 3. The summed E-state index contributed by atoms with van der Waals surface area (Å²) in [4.78, 5) is 12.1. The van der Waals surface area contributed by atoms with Gasteiger partial charge in [0.15, 0.2) is 5.78 Å². The summed E-state index contributed by atoms with van der Waals surface area (Å²) in [6.45, 7) is 3.43. The van der Waals surface area contributed by atoms with Gasteiger partial charge in [0.05, 0.1) is 12.2 Å². The van der Waals surface area contributed by atoms with Crippen LogP contribution in [0.4, 0.5) is 0 Å². The van der Waals surface area contributed by atoms with Gasteiger partial charge in [-0.25, -0.2) is 0 Å². The Kier molecular flexibility index (Phi) is 3.78. The second-order valence-corrected chi connectivity index (χ2v) is 5.01. The van der Waals surface area contributed by atoms with Crippen molar-refractivity contribution in [2.75, 3.05) is 0 Å². The van der Waals surface area contributed by atoms with Gasteiger partial charge in [0, 0.05) is 11.1 Å². The summed E-state index contributed by atoms with van der Waals surface area (Å²) in [5.41, 5.74) is 0.382. The number of phenols is 2. The Bertz CT molecular complexity index is 474. The smallest absolute Gasteiger partial charge is 0.194 e. The molecule has 1 saturated heterocycles. The zero-order valence-electron chi connectivity index (χ0n) is 11.0. The Labute approximate surface area is 111 Å². The van der Waals surface area contributed by atoms with Crippen molar-refractivity contribution in [3.8, 4) is 11.5 Å². The standard InChI is InChI=1S/C14H18O5/c1-7-3-4-12(19-7)14(18)13(17)9-5-10(15)8(2)11(16)6-9/h5-7,12,14-16,18H,3-4H2,1-2H3/t7-,12-,14+/m0/s1. The minimum absolute atomic E-state index is 0.0345. The maximum absolute atomic E-state index is 12.1. The fourth-order valence-corrected chi connectivity index (χ4v) is 2.23. The average Bonchev–Trinajstić information content (AvgIpc) is 2.80. The highest BCUT2D eigenvalue weighted by molar-refractivity contribution is 6.00. The van der Waals surface area contributed by atoms with Gasteiger partial charge >= 0.3 is 0 Å². The van der Waals surface area contributed by atoms with Crippen LogP contribution in [0.15, 0.2) is 12.1 Å². The number of phenolic OH excluding ortho intramolecular Hbond substituents is 2. The molecule has 0 aromatic heterocycles. The molecule has 1 aromatic rings. The van der Waals surface area contributed by atoms with E-state index < -0.39 is 18.0 Å². The van der Waals surface area contributed by atoms with Crippen LogP contribution < -0.4 is 0 Å². The molecule has 1 fully saturated rings. The normalized spacial score (nSPS) is 24.4. The minimum Gasteiger partial charge on any atom is -0.508 e. The third-order valence-electron chi connectivity index (χ3n) is 3.52. The van der Waals surface area contributed by atoms with Gasteiger partial charge in [-0.05, 0) is 38.8 Å². The van der Waals surface area contributed by atoms with E-state index in [1.54, 1.807) is 0 Å². The van der Waals surface area contributed by atoms with E-state index in [2.05, 4.69) is 0 Å². The predicted octanol–water partition coefficient (Wildman–Crippen LogP) is 1.52. The van der Waals surface area contributed by atoms with Crippen molar-refractivity contribution in [1.82, 2.24) is 0 Å². The number of aromatic hydroxyl groups is 2. The lowest BCUT2D eigenvalue weighted by Gasteiger charge is -2.17. The van der Waals surface area contributed by atoms with Gasteiger partial charge in [-0.1, -0.05) is 0 Å². The highest BCUT2D eigenvalue weighted by Crippen LogP contribution is 2.29. The number of aliphatic hydroxyl groups is 1. The first-order valence-corrected chi connectivity index (χ1v) is 6.30. The predicted molar refractivity (Wildman–Crippen MR) is 68.4 cm³/mol. The molecule has 0 spiro atoms. The minimum atomic E-state index is -1.27. The van der Waals surface area contributed by atoms with Crippen molar-refractivity contribution in [1.29, 1.82) is 0 Å². The molecule has 3 atom stereocenters. The van der Waals surface area contributed by atoms with E-state index in [1.807, 2.05) is 6.92 Å². The molecule has 0 aliphatic carbocycles. The van der Waals surface area contributed by atoms with Gasteiger partial charge in [-0.2, -0.15) is 0 Å². The number of hydrogen-bond donors (Lipinski definition) is 3.